The molecule has 0 unspecified atom stereocenters. The summed E-state index contributed by atoms with van der Waals surface area (Å²) in [6.07, 6.45) is 5.04. The molecular formula is C15H19N3O. The molecule has 2 aromatic rings. The third-order valence-electron chi connectivity index (χ3n) is 3.58. The van der Waals surface area contributed by atoms with Crippen molar-refractivity contribution >= 4 is 5.69 Å². The zero-order chi connectivity index (χ0) is 13.1. The lowest BCUT2D eigenvalue weighted by Gasteiger charge is -2.21. The summed E-state index contributed by atoms with van der Waals surface area (Å²) in [5, 5.41) is 7.60. The van der Waals surface area contributed by atoms with Gasteiger partial charge in [0.25, 0.3) is 0 Å². The first-order chi connectivity index (χ1) is 9.34. The van der Waals surface area contributed by atoms with Gasteiger partial charge in [-0.15, -0.1) is 0 Å². The smallest absolute Gasteiger partial charge is 0.142 e. The normalized spacial score (nSPS) is 13.7. The van der Waals surface area contributed by atoms with Crippen LogP contribution in [0.5, 0.6) is 5.75 Å². The minimum absolute atomic E-state index is 0.678. The van der Waals surface area contributed by atoms with Crippen LogP contribution in [-0.2, 0) is 19.9 Å². The van der Waals surface area contributed by atoms with Crippen molar-refractivity contribution in [1.29, 1.82) is 0 Å². The minimum atomic E-state index is 0.678. The van der Waals surface area contributed by atoms with Crippen LogP contribution in [0.2, 0.25) is 0 Å². The highest BCUT2D eigenvalue weighted by atomic mass is 16.5. The highest BCUT2D eigenvalue weighted by molar-refractivity contribution is 5.63. The Hall–Kier alpha value is -1.97. The Labute approximate surface area is 113 Å². The Bertz CT molecular complexity index is 562. The Morgan fingerprint density at radius 3 is 3.16 bits per heavy atom. The molecule has 3 rings (SSSR count). The van der Waals surface area contributed by atoms with E-state index in [0.29, 0.717) is 6.61 Å². The average Bonchev–Trinajstić information content (AvgIpc) is 2.85. The van der Waals surface area contributed by atoms with Gasteiger partial charge >= 0.3 is 0 Å². The minimum Gasteiger partial charge on any atom is -0.491 e. The number of aryl methyl sites for hydroxylation is 2. The van der Waals surface area contributed by atoms with Gasteiger partial charge in [0.2, 0.25) is 0 Å². The van der Waals surface area contributed by atoms with E-state index in [0.717, 1.165) is 25.1 Å². The molecule has 0 aliphatic carbocycles. The van der Waals surface area contributed by atoms with Gasteiger partial charge in [-0.3, -0.25) is 4.68 Å². The third-order valence-corrected chi connectivity index (χ3v) is 3.58. The molecule has 4 nitrogen and oxygen atoms in total. The number of anilines is 1. The van der Waals surface area contributed by atoms with Crippen LogP contribution in [0.25, 0.3) is 0 Å². The predicted molar refractivity (Wildman–Crippen MR) is 75.7 cm³/mol. The maximum Gasteiger partial charge on any atom is 0.142 e. The second kappa shape index (κ2) is 5.34. The summed E-state index contributed by atoms with van der Waals surface area (Å²) in [5.41, 5.74) is 3.74. The van der Waals surface area contributed by atoms with Crippen LogP contribution in [0.3, 0.4) is 0 Å². The zero-order valence-electron chi connectivity index (χ0n) is 11.2. The number of fused-ring (bicyclic) bond motifs is 1. The molecule has 1 aliphatic rings. The Morgan fingerprint density at radius 2 is 2.32 bits per heavy atom. The number of benzene rings is 1. The van der Waals surface area contributed by atoms with Gasteiger partial charge in [0.15, 0.2) is 0 Å². The number of nitrogens with zero attached hydrogens (tertiary/aromatic N) is 2. The molecule has 4 heteroatoms. The summed E-state index contributed by atoms with van der Waals surface area (Å²) < 4.78 is 7.82. The van der Waals surface area contributed by atoms with E-state index in [2.05, 4.69) is 22.5 Å². The lowest BCUT2D eigenvalue weighted by molar-refractivity contribution is 0.319. The quantitative estimate of drug-likeness (QED) is 0.914. The highest BCUT2D eigenvalue weighted by Crippen LogP contribution is 2.31. The van der Waals surface area contributed by atoms with Crippen LogP contribution < -0.4 is 10.1 Å². The fourth-order valence-corrected chi connectivity index (χ4v) is 2.51. The molecule has 1 N–H and O–H groups in total. The summed E-state index contributed by atoms with van der Waals surface area (Å²) in [5.74, 6) is 0.972. The van der Waals surface area contributed by atoms with Gasteiger partial charge in [-0.25, -0.2) is 0 Å². The first-order valence-electron chi connectivity index (χ1n) is 6.80. The van der Waals surface area contributed by atoms with E-state index in [9.17, 15) is 0 Å². The fraction of sp³-hybridized carbons (Fsp3) is 0.400. The van der Waals surface area contributed by atoms with Gasteiger partial charge in [0.1, 0.15) is 5.75 Å². The summed E-state index contributed by atoms with van der Waals surface area (Å²) >= 11 is 0. The van der Waals surface area contributed by atoms with Crippen LogP contribution in [0.4, 0.5) is 5.69 Å². The molecule has 0 spiro atoms. The van der Waals surface area contributed by atoms with Gasteiger partial charge in [0, 0.05) is 31.9 Å². The maximum atomic E-state index is 5.93. The molecule has 1 aliphatic heterocycles. The van der Waals surface area contributed by atoms with Crippen molar-refractivity contribution < 1.29 is 4.74 Å². The maximum absolute atomic E-state index is 5.93. The van der Waals surface area contributed by atoms with Crippen LogP contribution in [-0.4, -0.2) is 22.9 Å². The Balaban J connectivity index is 1.66. The van der Waals surface area contributed by atoms with E-state index < -0.39 is 0 Å². The number of hydrogen-bond donors (Lipinski definition) is 1. The number of ether oxygens (including phenoxy) is 1. The van der Waals surface area contributed by atoms with Gasteiger partial charge in [-0.1, -0.05) is 12.1 Å². The van der Waals surface area contributed by atoms with Crippen LogP contribution >= 0.6 is 0 Å². The number of aromatic nitrogens is 2. The van der Waals surface area contributed by atoms with E-state index >= 15 is 0 Å². The highest BCUT2D eigenvalue weighted by Gasteiger charge is 2.13. The summed E-state index contributed by atoms with van der Waals surface area (Å²) in [7, 11) is 1.96. The Kier molecular flexibility index (Phi) is 3.40. The molecule has 0 radical (unpaired) electrons. The SMILES string of the molecule is Cn1nccc1CCOc1cccc2c1NCCC2. The molecule has 1 aromatic heterocycles. The van der Waals surface area contributed by atoms with E-state index in [-0.39, 0.29) is 0 Å². The summed E-state index contributed by atoms with van der Waals surface area (Å²) in [4.78, 5) is 0. The van der Waals surface area contributed by atoms with Crippen molar-refractivity contribution in [2.24, 2.45) is 7.05 Å². The van der Waals surface area contributed by atoms with Crippen LogP contribution in [0, 0.1) is 0 Å². The summed E-state index contributed by atoms with van der Waals surface area (Å²) in [6.45, 7) is 1.72. The van der Waals surface area contributed by atoms with E-state index in [4.69, 9.17) is 4.74 Å². The van der Waals surface area contributed by atoms with Gasteiger partial charge in [-0.2, -0.15) is 5.10 Å². The molecule has 0 atom stereocenters. The Morgan fingerprint density at radius 1 is 1.37 bits per heavy atom. The first-order valence-corrected chi connectivity index (χ1v) is 6.80. The molecule has 19 heavy (non-hydrogen) atoms. The van der Waals surface area contributed by atoms with Crippen molar-refractivity contribution in [3.8, 4) is 5.75 Å². The number of para-hydroxylation sites is 1. The van der Waals surface area contributed by atoms with E-state index in [1.807, 2.05) is 30.1 Å². The molecule has 1 aromatic carbocycles. The largest absolute Gasteiger partial charge is 0.491 e. The number of nitrogens with one attached hydrogen (secondary N) is 1. The number of rotatable bonds is 4. The second-order valence-corrected chi connectivity index (χ2v) is 4.87. The predicted octanol–water partition coefficient (Wildman–Crippen LogP) is 2.40. The zero-order valence-corrected chi connectivity index (χ0v) is 11.2. The van der Waals surface area contributed by atoms with Crippen LogP contribution in [0.1, 0.15) is 17.7 Å². The first kappa shape index (κ1) is 12.1. The lowest BCUT2D eigenvalue weighted by atomic mass is 10.0. The molecule has 0 amide bonds. The van der Waals surface area contributed by atoms with Crippen molar-refractivity contribution in [2.75, 3.05) is 18.5 Å². The molecule has 0 saturated heterocycles. The van der Waals surface area contributed by atoms with Gasteiger partial charge < -0.3 is 10.1 Å². The van der Waals surface area contributed by atoms with Crippen molar-refractivity contribution in [3.63, 3.8) is 0 Å². The lowest BCUT2D eigenvalue weighted by Crippen LogP contribution is -2.14. The van der Waals surface area contributed by atoms with Gasteiger partial charge in [0.05, 0.1) is 12.3 Å². The topological polar surface area (TPSA) is 39.1 Å². The van der Waals surface area contributed by atoms with Crippen molar-refractivity contribution in [3.05, 3.63) is 41.7 Å². The average molecular weight is 257 g/mol. The standard InChI is InChI=1S/C15H19N3O/c1-18-13(7-10-17-18)8-11-19-14-6-2-4-12-5-3-9-16-15(12)14/h2,4,6-7,10,16H,3,5,8-9,11H2,1H3. The van der Waals surface area contributed by atoms with Gasteiger partial charge in [-0.05, 0) is 30.5 Å². The molecular weight excluding hydrogens is 238 g/mol. The van der Waals surface area contributed by atoms with E-state index in [1.165, 1.54) is 23.4 Å². The summed E-state index contributed by atoms with van der Waals surface area (Å²) in [6, 6.07) is 8.32. The van der Waals surface area contributed by atoms with Crippen molar-refractivity contribution in [1.82, 2.24) is 9.78 Å². The van der Waals surface area contributed by atoms with Crippen LogP contribution in [0.15, 0.2) is 30.5 Å². The molecule has 0 saturated carbocycles. The third kappa shape index (κ3) is 2.57. The van der Waals surface area contributed by atoms with E-state index in [1.54, 1.807) is 0 Å². The molecule has 0 fully saturated rings. The monoisotopic (exact) mass is 257 g/mol. The molecule has 100 valence electrons. The second-order valence-electron chi connectivity index (χ2n) is 4.87. The molecule has 0 bridgehead atoms. The van der Waals surface area contributed by atoms with Crippen molar-refractivity contribution in [2.45, 2.75) is 19.3 Å². The number of hydrogen-bond acceptors (Lipinski definition) is 3. The fourth-order valence-electron chi connectivity index (χ4n) is 2.51. The molecule has 2 heterocycles.